The third kappa shape index (κ3) is 8.70. The van der Waals surface area contributed by atoms with Crippen molar-refractivity contribution in [2.75, 3.05) is 0 Å². The lowest BCUT2D eigenvalue weighted by Crippen LogP contribution is -2.21. The zero-order valence-electron chi connectivity index (χ0n) is 21.6. The largest absolute Gasteiger partial charge is 0.348 e. The van der Waals surface area contributed by atoms with Gasteiger partial charge in [-0.1, -0.05) is 100 Å². The van der Waals surface area contributed by atoms with Crippen molar-refractivity contribution in [3.05, 3.63) is 118 Å². The second kappa shape index (κ2) is 13.2. The van der Waals surface area contributed by atoms with E-state index in [0.717, 1.165) is 22.3 Å². The average molecular weight is 481 g/mol. The molecule has 36 heavy (non-hydrogen) atoms. The number of nitrogens with one attached hydrogen (secondary N) is 2. The summed E-state index contributed by atoms with van der Waals surface area (Å²) < 4.78 is 0. The highest BCUT2D eigenvalue weighted by molar-refractivity contribution is 5.92. The van der Waals surface area contributed by atoms with E-state index in [0.29, 0.717) is 24.9 Å². The summed E-state index contributed by atoms with van der Waals surface area (Å²) >= 11 is 0. The molecule has 0 bridgehead atoms. The summed E-state index contributed by atoms with van der Waals surface area (Å²) in [6.07, 6.45) is 6.74. The Morgan fingerprint density at radius 1 is 0.639 bits per heavy atom. The van der Waals surface area contributed by atoms with Crippen LogP contribution >= 0.6 is 0 Å². The van der Waals surface area contributed by atoms with Crippen molar-refractivity contribution in [3.8, 4) is 0 Å². The van der Waals surface area contributed by atoms with Gasteiger partial charge in [0, 0.05) is 25.2 Å². The van der Waals surface area contributed by atoms with Crippen molar-refractivity contribution < 1.29 is 9.59 Å². The van der Waals surface area contributed by atoms with Crippen LogP contribution in [-0.2, 0) is 22.7 Å². The van der Waals surface area contributed by atoms with E-state index < -0.39 is 0 Å². The van der Waals surface area contributed by atoms with Gasteiger partial charge in [-0.2, -0.15) is 0 Å². The zero-order chi connectivity index (χ0) is 25.9. The van der Waals surface area contributed by atoms with E-state index in [1.165, 1.54) is 11.1 Å². The summed E-state index contributed by atoms with van der Waals surface area (Å²) in [6, 6.07) is 24.3. The smallest absolute Gasteiger partial charge is 0.244 e. The highest BCUT2D eigenvalue weighted by Crippen LogP contribution is 2.16. The lowest BCUT2D eigenvalue weighted by molar-refractivity contribution is -0.117. The third-order valence-corrected chi connectivity index (χ3v) is 5.99. The van der Waals surface area contributed by atoms with Crippen molar-refractivity contribution in [3.63, 3.8) is 0 Å². The fourth-order valence-corrected chi connectivity index (χ4v) is 3.67. The van der Waals surface area contributed by atoms with E-state index >= 15 is 0 Å². The molecule has 0 spiro atoms. The number of amides is 2. The average Bonchev–Trinajstić information content (AvgIpc) is 2.89. The van der Waals surface area contributed by atoms with Gasteiger partial charge in [-0.25, -0.2) is 0 Å². The van der Waals surface area contributed by atoms with Gasteiger partial charge in [0.15, 0.2) is 0 Å². The van der Waals surface area contributed by atoms with Gasteiger partial charge < -0.3 is 10.6 Å². The number of hydrogen-bond donors (Lipinski definition) is 2. The van der Waals surface area contributed by atoms with Gasteiger partial charge in [-0.3, -0.25) is 9.59 Å². The van der Waals surface area contributed by atoms with Gasteiger partial charge in [-0.15, -0.1) is 0 Å². The van der Waals surface area contributed by atoms with Crippen molar-refractivity contribution in [2.24, 2.45) is 0 Å². The van der Waals surface area contributed by atoms with Crippen LogP contribution in [0.2, 0.25) is 0 Å². The maximum absolute atomic E-state index is 12.2. The molecule has 0 fully saturated rings. The standard InChI is InChI=1S/C32H36N2O2/c1-23(2)29-14-8-25(9-15-29)12-18-31(35)33-21-27-6-5-7-28(20-27)22-34-32(36)19-13-26-10-16-30(17-11-26)24(3)4/h5-20,23-24H,21-22H2,1-4H3,(H,33,35)(H,34,36)/b18-12+,19-13+. The van der Waals surface area contributed by atoms with Gasteiger partial charge >= 0.3 is 0 Å². The molecule has 0 aliphatic carbocycles. The van der Waals surface area contributed by atoms with E-state index in [-0.39, 0.29) is 11.8 Å². The van der Waals surface area contributed by atoms with Crippen LogP contribution in [0, 0.1) is 0 Å². The molecule has 0 unspecified atom stereocenters. The summed E-state index contributed by atoms with van der Waals surface area (Å²) in [5, 5.41) is 5.83. The van der Waals surface area contributed by atoms with Crippen LogP contribution in [0.25, 0.3) is 12.2 Å². The molecule has 0 aliphatic heterocycles. The van der Waals surface area contributed by atoms with E-state index in [1.807, 2.05) is 60.7 Å². The summed E-state index contributed by atoms with van der Waals surface area (Å²) in [4.78, 5) is 24.5. The molecule has 0 heterocycles. The predicted molar refractivity (Wildman–Crippen MR) is 149 cm³/mol. The van der Waals surface area contributed by atoms with Gasteiger partial charge in [0.25, 0.3) is 0 Å². The van der Waals surface area contributed by atoms with Crippen molar-refractivity contribution in [1.29, 1.82) is 0 Å². The molecule has 3 rings (SSSR count). The lowest BCUT2D eigenvalue weighted by atomic mass is 10.0. The minimum atomic E-state index is -0.145. The van der Waals surface area contributed by atoms with Crippen molar-refractivity contribution in [2.45, 2.75) is 52.6 Å². The molecule has 0 aliphatic rings. The predicted octanol–water partition coefficient (Wildman–Crippen LogP) is 6.59. The maximum atomic E-state index is 12.2. The number of hydrogen-bond acceptors (Lipinski definition) is 2. The Kier molecular flexibility index (Phi) is 9.82. The Morgan fingerprint density at radius 3 is 1.39 bits per heavy atom. The number of rotatable bonds is 10. The van der Waals surface area contributed by atoms with Crippen LogP contribution < -0.4 is 10.6 Å². The Morgan fingerprint density at radius 2 is 1.03 bits per heavy atom. The van der Waals surface area contributed by atoms with Crippen LogP contribution in [0.1, 0.15) is 72.9 Å². The number of carbonyl (C=O) groups is 2. The second-order valence-electron chi connectivity index (χ2n) is 9.56. The van der Waals surface area contributed by atoms with E-state index in [9.17, 15) is 9.59 Å². The maximum Gasteiger partial charge on any atom is 0.244 e. The van der Waals surface area contributed by atoms with E-state index in [4.69, 9.17) is 0 Å². The van der Waals surface area contributed by atoms with Crippen molar-refractivity contribution in [1.82, 2.24) is 10.6 Å². The molecule has 0 atom stereocenters. The molecule has 4 heteroatoms. The monoisotopic (exact) mass is 480 g/mol. The van der Waals surface area contributed by atoms with Crippen LogP contribution in [0.15, 0.2) is 84.9 Å². The first-order valence-electron chi connectivity index (χ1n) is 12.5. The Bertz CT molecular complexity index is 1110. The molecule has 186 valence electrons. The van der Waals surface area contributed by atoms with Crippen molar-refractivity contribution >= 4 is 24.0 Å². The SMILES string of the molecule is CC(C)c1ccc(/C=C/C(=O)NCc2cccc(CNC(=O)/C=C/c3ccc(C(C)C)cc3)c2)cc1. The quantitative estimate of drug-likeness (QED) is 0.322. The number of benzene rings is 3. The minimum Gasteiger partial charge on any atom is -0.348 e. The first-order chi connectivity index (χ1) is 17.3. The normalized spacial score (nSPS) is 11.5. The highest BCUT2D eigenvalue weighted by atomic mass is 16.2. The lowest BCUT2D eigenvalue weighted by Gasteiger charge is -2.07. The summed E-state index contributed by atoms with van der Waals surface area (Å²) in [5.41, 5.74) is 6.50. The summed E-state index contributed by atoms with van der Waals surface area (Å²) in [7, 11) is 0. The first kappa shape index (κ1) is 26.7. The Hall–Kier alpha value is -3.92. The topological polar surface area (TPSA) is 58.2 Å². The Balaban J connectivity index is 1.45. The molecular formula is C32H36N2O2. The highest BCUT2D eigenvalue weighted by Gasteiger charge is 2.02. The van der Waals surface area contributed by atoms with Gasteiger partial charge in [0.1, 0.15) is 0 Å². The fourth-order valence-electron chi connectivity index (χ4n) is 3.67. The van der Waals surface area contributed by atoms with Crippen LogP contribution in [0.4, 0.5) is 0 Å². The molecule has 0 saturated carbocycles. The van der Waals surface area contributed by atoms with Crippen LogP contribution in [0.5, 0.6) is 0 Å². The number of carbonyl (C=O) groups excluding carboxylic acids is 2. The molecule has 2 amide bonds. The molecule has 0 radical (unpaired) electrons. The van der Waals surface area contributed by atoms with Gasteiger partial charge in [0.2, 0.25) is 11.8 Å². The third-order valence-electron chi connectivity index (χ3n) is 5.99. The first-order valence-corrected chi connectivity index (χ1v) is 12.5. The zero-order valence-corrected chi connectivity index (χ0v) is 21.6. The molecule has 0 aromatic heterocycles. The minimum absolute atomic E-state index is 0.145. The molecule has 3 aromatic carbocycles. The molecule has 2 N–H and O–H groups in total. The summed E-state index contributed by atoms with van der Waals surface area (Å²) in [5.74, 6) is 0.681. The molecule has 3 aromatic rings. The Labute approximate surface area is 215 Å². The second-order valence-corrected chi connectivity index (χ2v) is 9.56. The van der Waals surface area contributed by atoms with Crippen LogP contribution in [0.3, 0.4) is 0 Å². The summed E-state index contributed by atoms with van der Waals surface area (Å²) in [6.45, 7) is 9.48. The van der Waals surface area contributed by atoms with Gasteiger partial charge in [0.05, 0.1) is 0 Å². The van der Waals surface area contributed by atoms with Gasteiger partial charge in [-0.05, 0) is 57.4 Å². The molecular weight excluding hydrogens is 444 g/mol. The van der Waals surface area contributed by atoms with E-state index in [1.54, 1.807) is 12.2 Å². The van der Waals surface area contributed by atoms with E-state index in [2.05, 4.69) is 62.6 Å². The van der Waals surface area contributed by atoms with Crippen LogP contribution in [-0.4, -0.2) is 11.8 Å². The fraction of sp³-hybridized carbons (Fsp3) is 0.250. The molecule has 0 saturated heterocycles. The molecule has 4 nitrogen and oxygen atoms in total.